The molecule has 5 heteroatoms. The number of imidazole rings is 1. The van der Waals surface area contributed by atoms with Crippen molar-refractivity contribution in [3.05, 3.63) is 53.1 Å². The first-order valence-electron chi connectivity index (χ1n) is 8.73. The highest BCUT2D eigenvalue weighted by Crippen LogP contribution is 2.33. The number of hydrogen-bond donors (Lipinski definition) is 1. The number of rotatable bonds is 2. The fourth-order valence-electron chi connectivity index (χ4n) is 3.84. The highest BCUT2D eigenvalue weighted by molar-refractivity contribution is 5.84. The highest BCUT2D eigenvalue weighted by atomic mass is 16.5. The molecule has 2 atom stereocenters. The molecule has 5 nitrogen and oxygen atoms in total. The van der Waals surface area contributed by atoms with Crippen LogP contribution in [0.15, 0.2) is 30.3 Å². The van der Waals surface area contributed by atoms with Crippen LogP contribution in [0.1, 0.15) is 47.6 Å². The third-order valence-corrected chi connectivity index (χ3v) is 5.03. The van der Waals surface area contributed by atoms with Gasteiger partial charge in [0.2, 0.25) is 5.91 Å². The summed E-state index contributed by atoms with van der Waals surface area (Å²) in [6.07, 6.45) is 2.89. The molecule has 1 aromatic carbocycles. The number of nitrogens with zero attached hydrogens (tertiary/aromatic N) is 2. The van der Waals surface area contributed by atoms with Gasteiger partial charge in [-0.15, -0.1) is 0 Å². The van der Waals surface area contributed by atoms with Crippen molar-refractivity contribution >= 4 is 5.91 Å². The summed E-state index contributed by atoms with van der Waals surface area (Å²) >= 11 is 0. The number of amides is 1. The predicted octanol–water partition coefficient (Wildman–Crippen LogP) is 2.74. The molecule has 1 aliphatic heterocycles. The van der Waals surface area contributed by atoms with Gasteiger partial charge in [0.1, 0.15) is 11.9 Å². The fourth-order valence-corrected chi connectivity index (χ4v) is 3.84. The topological polar surface area (TPSA) is 58.2 Å². The predicted molar refractivity (Wildman–Crippen MR) is 90.7 cm³/mol. The van der Waals surface area contributed by atoms with E-state index in [1.54, 1.807) is 0 Å². The molecule has 2 aromatic rings. The number of aromatic nitrogens is 2. The smallest absolute Gasteiger partial charge is 0.231 e. The maximum atomic E-state index is 13.1. The lowest BCUT2D eigenvalue weighted by Crippen LogP contribution is -2.45. The lowest BCUT2D eigenvalue weighted by Gasteiger charge is -2.35. The van der Waals surface area contributed by atoms with Crippen LogP contribution in [0.25, 0.3) is 0 Å². The van der Waals surface area contributed by atoms with E-state index in [1.807, 2.05) is 30.0 Å². The van der Waals surface area contributed by atoms with Crippen molar-refractivity contribution in [3.63, 3.8) is 0 Å². The first-order chi connectivity index (χ1) is 11.7. The molecule has 2 aliphatic rings. The molecule has 1 amide bonds. The van der Waals surface area contributed by atoms with Crippen LogP contribution in [0.3, 0.4) is 0 Å². The Morgan fingerprint density at radius 2 is 2.17 bits per heavy atom. The zero-order valence-corrected chi connectivity index (χ0v) is 14.0. The molecule has 4 rings (SSSR count). The Labute approximate surface area is 142 Å². The van der Waals surface area contributed by atoms with Crippen LogP contribution in [0.2, 0.25) is 0 Å². The molecule has 1 saturated heterocycles. The first kappa shape index (κ1) is 15.4. The van der Waals surface area contributed by atoms with E-state index in [0.717, 1.165) is 42.0 Å². The minimum atomic E-state index is -0.103. The Morgan fingerprint density at radius 3 is 3.00 bits per heavy atom. The van der Waals surface area contributed by atoms with Crippen molar-refractivity contribution in [2.45, 2.75) is 38.2 Å². The molecule has 0 bridgehead atoms. The number of aromatic amines is 1. The number of carbonyl (C=O) groups excluding carboxylic acids is 1. The lowest BCUT2D eigenvalue weighted by atomic mass is 9.88. The summed E-state index contributed by atoms with van der Waals surface area (Å²) in [6, 6.07) is 10.2. The molecule has 0 saturated carbocycles. The highest BCUT2D eigenvalue weighted by Gasteiger charge is 2.35. The van der Waals surface area contributed by atoms with Gasteiger partial charge in [-0.2, -0.15) is 0 Å². The second-order valence-electron chi connectivity index (χ2n) is 6.69. The van der Waals surface area contributed by atoms with E-state index in [-0.39, 0.29) is 17.9 Å². The van der Waals surface area contributed by atoms with Crippen LogP contribution in [0, 0.1) is 6.92 Å². The molecule has 1 aromatic heterocycles. The number of carbonyl (C=O) groups is 1. The summed E-state index contributed by atoms with van der Waals surface area (Å²) in [5, 5.41) is 0. The number of fused-ring (bicyclic) bond motifs is 1. The van der Waals surface area contributed by atoms with Crippen molar-refractivity contribution in [1.29, 1.82) is 0 Å². The second-order valence-corrected chi connectivity index (χ2v) is 6.69. The molecule has 0 radical (unpaired) electrons. The van der Waals surface area contributed by atoms with Crippen LogP contribution in [-0.4, -0.2) is 40.5 Å². The summed E-state index contributed by atoms with van der Waals surface area (Å²) in [5.41, 5.74) is 3.24. The van der Waals surface area contributed by atoms with Crippen molar-refractivity contribution in [2.24, 2.45) is 0 Å². The maximum absolute atomic E-state index is 13.1. The van der Waals surface area contributed by atoms with Gasteiger partial charge in [0.15, 0.2) is 0 Å². The van der Waals surface area contributed by atoms with Gasteiger partial charge in [-0.3, -0.25) is 4.79 Å². The number of benzene rings is 1. The standard InChI is InChI=1S/C19H23N3O2/c1-13-20-16-9-5-8-15(18(16)21-13)19(23)22-10-11-24-17(12-22)14-6-3-2-4-7-14/h2-4,6-7,15,17H,5,8-12H2,1H3,(H,20,21). The quantitative estimate of drug-likeness (QED) is 0.923. The van der Waals surface area contributed by atoms with Crippen LogP contribution >= 0.6 is 0 Å². The van der Waals surface area contributed by atoms with Crippen molar-refractivity contribution < 1.29 is 9.53 Å². The van der Waals surface area contributed by atoms with Gasteiger partial charge in [-0.05, 0) is 31.7 Å². The Bertz CT molecular complexity index is 725. The third kappa shape index (κ3) is 2.84. The van der Waals surface area contributed by atoms with E-state index in [1.165, 1.54) is 0 Å². The first-order valence-corrected chi connectivity index (χ1v) is 8.73. The van der Waals surface area contributed by atoms with Gasteiger partial charge in [0, 0.05) is 12.2 Å². The van der Waals surface area contributed by atoms with E-state index in [0.29, 0.717) is 19.7 Å². The molecule has 2 unspecified atom stereocenters. The van der Waals surface area contributed by atoms with Gasteiger partial charge in [0.05, 0.1) is 24.8 Å². The van der Waals surface area contributed by atoms with Crippen LogP contribution in [0.5, 0.6) is 0 Å². The average molecular weight is 325 g/mol. The summed E-state index contributed by atoms with van der Waals surface area (Å²) in [7, 11) is 0. The van der Waals surface area contributed by atoms with Gasteiger partial charge in [-0.1, -0.05) is 30.3 Å². The van der Waals surface area contributed by atoms with Crippen LogP contribution in [0.4, 0.5) is 0 Å². The lowest BCUT2D eigenvalue weighted by molar-refractivity contribution is -0.141. The molecular formula is C19H23N3O2. The molecule has 1 N–H and O–H groups in total. The van der Waals surface area contributed by atoms with E-state index < -0.39 is 0 Å². The van der Waals surface area contributed by atoms with Gasteiger partial charge in [-0.25, -0.2) is 4.98 Å². The molecule has 0 spiro atoms. The molecule has 24 heavy (non-hydrogen) atoms. The average Bonchev–Trinajstić information content (AvgIpc) is 3.02. The fraction of sp³-hybridized carbons (Fsp3) is 0.474. The SMILES string of the molecule is Cc1nc2c([nH]1)CCCC2C(=O)N1CCOC(c2ccccc2)C1. The minimum absolute atomic E-state index is 0.0344. The van der Waals surface area contributed by atoms with E-state index in [9.17, 15) is 4.79 Å². The Balaban J connectivity index is 1.52. The van der Waals surface area contributed by atoms with Gasteiger partial charge >= 0.3 is 0 Å². The Morgan fingerprint density at radius 1 is 1.33 bits per heavy atom. The normalized spacial score (nSPS) is 23.8. The zero-order chi connectivity index (χ0) is 16.5. The number of ether oxygens (including phenoxy) is 1. The number of nitrogens with one attached hydrogen (secondary N) is 1. The summed E-state index contributed by atoms with van der Waals surface area (Å²) in [5.74, 6) is 1.00. The van der Waals surface area contributed by atoms with Crippen LogP contribution in [-0.2, 0) is 16.0 Å². The number of aryl methyl sites for hydroxylation is 2. The van der Waals surface area contributed by atoms with Gasteiger partial charge in [0.25, 0.3) is 0 Å². The van der Waals surface area contributed by atoms with E-state index in [4.69, 9.17) is 4.74 Å². The Hall–Kier alpha value is -2.14. The second kappa shape index (κ2) is 6.40. The van der Waals surface area contributed by atoms with Crippen molar-refractivity contribution in [3.8, 4) is 0 Å². The molecule has 1 aliphatic carbocycles. The molecular weight excluding hydrogens is 302 g/mol. The maximum Gasteiger partial charge on any atom is 0.231 e. The van der Waals surface area contributed by atoms with Crippen LogP contribution < -0.4 is 0 Å². The minimum Gasteiger partial charge on any atom is -0.370 e. The number of H-pyrrole nitrogens is 1. The van der Waals surface area contributed by atoms with Crippen molar-refractivity contribution in [2.75, 3.05) is 19.7 Å². The van der Waals surface area contributed by atoms with E-state index >= 15 is 0 Å². The largest absolute Gasteiger partial charge is 0.370 e. The molecule has 126 valence electrons. The summed E-state index contributed by atoms with van der Waals surface area (Å²) in [6.45, 7) is 3.83. The molecule has 2 heterocycles. The van der Waals surface area contributed by atoms with Gasteiger partial charge < -0.3 is 14.6 Å². The molecule has 1 fully saturated rings. The third-order valence-electron chi connectivity index (χ3n) is 5.03. The monoisotopic (exact) mass is 325 g/mol. The number of morpholine rings is 1. The van der Waals surface area contributed by atoms with Crippen molar-refractivity contribution in [1.82, 2.24) is 14.9 Å². The number of hydrogen-bond acceptors (Lipinski definition) is 3. The van der Waals surface area contributed by atoms with E-state index in [2.05, 4.69) is 22.1 Å². The Kier molecular flexibility index (Phi) is 4.10. The summed E-state index contributed by atoms with van der Waals surface area (Å²) < 4.78 is 5.89. The zero-order valence-electron chi connectivity index (χ0n) is 14.0. The summed E-state index contributed by atoms with van der Waals surface area (Å²) in [4.78, 5) is 23.0.